The molecule has 0 bridgehead atoms. The molecule has 0 fully saturated rings. The van der Waals surface area contributed by atoms with Gasteiger partial charge in [0.05, 0.1) is 4.90 Å². The van der Waals surface area contributed by atoms with Gasteiger partial charge in [-0.1, -0.05) is 38.1 Å². The highest BCUT2D eigenvalue weighted by Gasteiger charge is 2.17. The van der Waals surface area contributed by atoms with Crippen molar-refractivity contribution >= 4 is 21.6 Å². The van der Waals surface area contributed by atoms with E-state index in [9.17, 15) is 13.2 Å². The molecule has 0 heterocycles. The van der Waals surface area contributed by atoms with E-state index in [0.29, 0.717) is 17.2 Å². The third-order valence-electron chi connectivity index (χ3n) is 3.99. The van der Waals surface area contributed by atoms with Crippen LogP contribution in [-0.2, 0) is 14.8 Å². The summed E-state index contributed by atoms with van der Waals surface area (Å²) >= 11 is 0. The van der Waals surface area contributed by atoms with Gasteiger partial charge < -0.3 is 10.1 Å². The number of amides is 1. The molecule has 0 atom stereocenters. The molecule has 0 saturated carbocycles. The van der Waals surface area contributed by atoms with E-state index in [1.807, 2.05) is 24.3 Å². The van der Waals surface area contributed by atoms with Gasteiger partial charge in [0.25, 0.3) is 0 Å². The Bertz CT molecular complexity index is 908. The first-order valence-electron chi connectivity index (χ1n) is 8.80. The number of sulfonamides is 1. The summed E-state index contributed by atoms with van der Waals surface area (Å²) in [5.74, 6) is 0.819. The number of para-hydroxylation sites is 1. The second-order valence-corrected chi connectivity index (χ2v) is 8.34. The average Bonchev–Trinajstić information content (AvgIpc) is 2.60. The zero-order chi connectivity index (χ0) is 20.0. The van der Waals surface area contributed by atoms with Gasteiger partial charge >= 0.3 is 0 Å². The summed E-state index contributed by atoms with van der Waals surface area (Å²) in [7, 11) is -3.71. The van der Waals surface area contributed by atoms with Crippen LogP contribution in [0.1, 0.15) is 37.8 Å². The molecule has 0 aliphatic rings. The Morgan fingerprint density at radius 3 is 2.52 bits per heavy atom. The molecule has 27 heavy (non-hydrogen) atoms. The van der Waals surface area contributed by atoms with Gasteiger partial charge in [0.15, 0.2) is 0 Å². The minimum Gasteiger partial charge on any atom is -0.492 e. The molecule has 146 valence electrons. The van der Waals surface area contributed by atoms with Gasteiger partial charge in [0.1, 0.15) is 12.4 Å². The number of rotatable bonds is 8. The lowest BCUT2D eigenvalue weighted by Gasteiger charge is -2.15. The van der Waals surface area contributed by atoms with Crippen LogP contribution >= 0.6 is 0 Å². The standard InChI is InChI=1S/C20H26N2O4S/c1-14(2)18-7-5-6-8-19(18)26-12-11-21-27(24,25)20-13-17(22-16(4)23)10-9-15(20)3/h5-10,13-14,21H,11-12H2,1-4H3,(H,22,23). The lowest BCUT2D eigenvalue weighted by atomic mass is 10.0. The zero-order valence-electron chi connectivity index (χ0n) is 16.1. The fourth-order valence-corrected chi connectivity index (χ4v) is 3.96. The predicted octanol–water partition coefficient (Wildman–Crippen LogP) is 3.43. The third kappa shape index (κ3) is 5.80. The van der Waals surface area contributed by atoms with Crippen molar-refractivity contribution in [1.29, 1.82) is 0 Å². The fraction of sp³-hybridized carbons (Fsp3) is 0.350. The molecule has 0 aliphatic heterocycles. The van der Waals surface area contributed by atoms with Gasteiger partial charge in [-0.05, 0) is 42.2 Å². The highest BCUT2D eigenvalue weighted by Crippen LogP contribution is 2.25. The third-order valence-corrected chi connectivity index (χ3v) is 5.59. The number of nitrogens with one attached hydrogen (secondary N) is 2. The Morgan fingerprint density at radius 1 is 1.15 bits per heavy atom. The van der Waals surface area contributed by atoms with E-state index < -0.39 is 10.0 Å². The first kappa shape index (κ1) is 20.9. The van der Waals surface area contributed by atoms with E-state index >= 15 is 0 Å². The molecule has 1 amide bonds. The molecular weight excluding hydrogens is 364 g/mol. The van der Waals surface area contributed by atoms with E-state index in [4.69, 9.17) is 4.74 Å². The SMILES string of the molecule is CC(=O)Nc1ccc(C)c(S(=O)(=O)NCCOc2ccccc2C(C)C)c1. The molecule has 0 radical (unpaired) electrons. The first-order valence-corrected chi connectivity index (χ1v) is 10.3. The molecular formula is C20H26N2O4S. The number of aryl methyl sites for hydroxylation is 1. The van der Waals surface area contributed by atoms with Crippen molar-refractivity contribution < 1.29 is 17.9 Å². The second kappa shape index (κ2) is 9.01. The molecule has 7 heteroatoms. The summed E-state index contributed by atoms with van der Waals surface area (Å²) in [5, 5.41) is 2.59. The normalized spacial score (nSPS) is 11.4. The van der Waals surface area contributed by atoms with Gasteiger partial charge in [-0.3, -0.25) is 4.79 Å². The number of ether oxygens (including phenoxy) is 1. The van der Waals surface area contributed by atoms with Crippen molar-refractivity contribution in [2.75, 3.05) is 18.5 Å². The number of carbonyl (C=O) groups excluding carboxylic acids is 1. The number of carbonyl (C=O) groups is 1. The van der Waals surface area contributed by atoms with Crippen molar-refractivity contribution in [2.45, 2.75) is 38.5 Å². The quantitative estimate of drug-likeness (QED) is 0.676. The van der Waals surface area contributed by atoms with Crippen LogP contribution < -0.4 is 14.8 Å². The van der Waals surface area contributed by atoms with Gasteiger partial charge in [0, 0.05) is 19.2 Å². The fourth-order valence-electron chi connectivity index (χ4n) is 2.67. The molecule has 0 saturated heterocycles. The maximum atomic E-state index is 12.6. The van der Waals surface area contributed by atoms with Crippen LogP contribution in [0.4, 0.5) is 5.69 Å². The second-order valence-electron chi connectivity index (χ2n) is 6.60. The average molecular weight is 391 g/mol. The summed E-state index contributed by atoms with van der Waals surface area (Å²) in [4.78, 5) is 11.3. The van der Waals surface area contributed by atoms with E-state index in [2.05, 4.69) is 23.9 Å². The van der Waals surface area contributed by atoms with Crippen molar-refractivity contribution in [2.24, 2.45) is 0 Å². The van der Waals surface area contributed by atoms with Crippen LogP contribution in [0.25, 0.3) is 0 Å². The maximum absolute atomic E-state index is 12.6. The predicted molar refractivity (Wildman–Crippen MR) is 107 cm³/mol. The Labute approximate surface area is 161 Å². The lowest BCUT2D eigenvalue weighted by Crippen LogP contribution is -2.29. The molecule has 2 rings (SSSR count). The monoisotopic (exact) mass is 390 g/mol. The molecule has 2 aromatic rings. The smallest absolute Gasteiger partial charge is 0.241 e. The number of anilines is 1. The topological polar surface area (TPSA) is 84.5 Å². The van der Waals surface area contributed by atoms with Gasteiger partial charge in [-0.15, -0.1) is 0 Å². The minimum absolute atomic E-state index is 0.135. The highest BCUT2D eigenvalue weighted by atomic mass is 32.2. The number of hydrogen-bond acceptors (Lipinski definition) is 4. The molecule has 6 nitrogen and oxygen atoms in total. The Kier molecular flexibility index (Phi) is 6.98. The summed E-state index contributed by atoms with van der Waals surface area (Å²) in [5.41, 5.74) is 2.12. The highest BCUT2D eigenvalue weighted by molar-refractivity contribution is 7.89. The molecule has 0 spiro atoms. The Hall–Kier alpha value is -2.38. The summed E-state index contributed by atoms with van der Waals surface area (Å²) in [6, 6.07) is 12.5. The first-order chi connectivity index (χ1) is 12.7. The molecule has 0 aliphatic carbocycles. The van der Waals surface area contributed by atoms with Gasteiger partial charge in [-0.25, -0.2) is 13.1 Å². The van der Waals surface area contributed by atoms with Crippen LogP contribution in [0.2, 0.25) is 0 Å². The number of hydrogen-bond donors (Lipinski definition) is 2. The van der Waals surface area contributed by atoms with Crippen molar-refractivity contribution in [3.63, 3.8) is 0 Å². The van der Waals surface area contributed by atoms with E-state index in [1.54, 1.807) is 19.1 Å². The van der Waals surface area contributed by atoms with Crippen LogP contribution in [0, 0.1) is 6.92 Å². The molecule has 2 aromatic carbocycles. The molecule has 2 N–H and O–H groups in total. The van der Waals surface area contributed by atoms with Crippen LogP contribution in [0.5, 0.6) is 5.75 Å². The van der Waals surface area contributed by atoms with Gasteiger partial charge in [0.2, 0.25) is 15.9 Å². The lowest BCUT2D eigenvalue weighted by molar-refractivity contribution is -0.114. The Balaban J connectivity index is 2.02. The number of benzene rings is 2. The van der Waals surface area contributed by atoms with Crippen molar-refractivity contribution in [3.8, 4) is 5.75 Å². The summed E-state index contributed by atoms with van der Waals surface area (Å²) in [6.45, 7) is 7.59. The van der Waals surface area contributed by atoms with E-state index in [0.717, 1.165) is 11.3 Å². The van der Waals surface area contributed by atoms with E-state index in [1.165, 1.54) is 13.0 Å². The molecule has 0 aromatic heterocycles. The van der Waals surface area contributed by atoms with Crippen LogP contribution in [0.3, 0.4) is 0 Å². The minimum atomic E-state index is -3.71. The largest absolute Gasteiger partial charge is 0.492 e. The van der Waals surface area contributed by atoms with Crippen molar-refractivity contribution in [3.05, 3.63) is 53.6 Å². The zero-order valence-corrected chi connectivity index (χ0v) is 16.9. The summed E-state index contributed by atoms with van der Waals surface area (Å²) in [6.07, 6.45) is 0. The van der Waals surface area contributed by atoms with Crippen LogP contribution in [0.15, 0.2) is 47.4 Å². The Morgan fingerprint density at radius 2 is 1.85 bits per heavy atom. The van der Waals surface area contributed by atoms with Crippen molar-refractivity contribution in [1.82, 2.24) is 4.72 Å². The maximum Gasteiger partial charge on any atom is 0.241 e. The summed E-state index contributed by atoms with van der Waals surface area (Å²) < 4.78 is 33.5. The molecule has 0 unspecified atom stereocenters. The van der Waals surface area contributed by atoms with Crippen LogP contribution in [-0.4, -0.2) is 27.5 Å². The van der Waals surface area contributed by atoms with Gasteiger partial charge in [-0.2, -0.15) is 0 Å². The van der Waals surface area contributed by atoms with E-state index in [-0.39, 0.29) is 24.0 Å².